The maximum Gasteiger partial charge on any atom is 0.313 e. The Hall–Kier alpha value is -1.05. The highest BCUT2D eigenvalue weighted by atomic mass is 79.9. The van der Waals surface area contributed by atoms with Crippen molar-refractivity contribution in [3.63, 3.8) is 0 Å². The molecule has 2 aromatic rings. The summed E-state index contributed by atoms with van der Waals surface area (Å²) in [5.74, 6) is -1.52. The molecule has 0 unspecified atom stereocenters. The van der Waals surface area contributed by atoms with E-state index in [0.29, 0.717) is 25.7 Å². The summed E-state index contributed by atoms with van der Waals surface area (Å²) in [6.45, 7) is 3.89. The van der Waals surface area contributed by atoms with Crippen molar-refractivity contribution in [1.29, 1.82) is 0 Å². The van der Waals surface area contributed by atoms with Gasteiger partial charge in [-0.3, -0.25) is 4.79 Å². The van der Waals surface area contributed by atoms with Gasteiger partial charge in [0.1, 0.15) is 5.82 Å². The van der Waals surface area contributed by atoms with Crippen LogP contribution in [0.25, 0.3) is 11.0 Å². The topological polar surface area (TPSA) is 55.1 Å². The second-order valence-electron chi connectivity index (χ2n) is 3.94. The Bertz CT molecular complexity index is 704. The number of aliphatic carboxylic acids is 1. The number of hydrogen-bond acceptors (Lipinski definition) is 3. The van der Waals surface area contributed by atoms with Gasteiger partial charge >= 0.3 is 5.97 Å². The second kappa shape index (κ2) is 6.15. The number of nitrogens with zero attached hydrogens (tertiary/aromatic N) is 2. The number of carboxylic acids is 1. The van der Waals surface area contributed by atoms with Crippen LogP contribution in [-0.2, 0) is 11.3 Å². The summed E-state index contributed by atoms with van der Waals surface area (Å²) in [6, 6.07) is 2.88. The van der Waals surface area contributed by atoms with Gasteiger partial charge in [0, 0.05) is 11.1 Å². The highest BCUT2D eigenvalue weighted by Gasteiger charge is 2.15. The maximum atomic E-state index is 13.5. The Morgan fingerprint density at radius 1 is 1.60 bits per heavy atom. The fourth-order valence-electron chi connectivity index (χ4n) is 1.66. The van der Waals surface area contributed by atoms with Gasteiger partial charge in [0.05, 0.1) is 27.8 Å². The Morgan fingerprint density at radius 3 is 2.90 bits per heavy atom. The zero-order valence-corrected chi connectivity index (χ0v) is 13.2. The highest BCUT2D eigenvalue weighted by molar-refractivity contribution is 9.10. The first kappa shape index (κ1) is 15.3. The number of fused-ring (bicyclic) bond motifs is 1. The number of allylic oxidation sites excluding steroid dienone is 1. The van der Waals surface area contributed by atoms with Gasteiger partial charge in [0.15, 0.2) is 5.16 Å². The van der Waals surface area contributed by atoms with Gasteiger partial charge in [0.25, 0.3) is 0 Å². The Balaban J connectivity index is 2.54. The Labute approximate surface area is 131 Å². The zero-order chi connectivity index (χ0) is 14.9. The summed E-state index contributed by atoms with van der Waals surface area (Å²) in [6.07, 6.45) is 0. The van der Waals surface area contributed by atoms with Crippen LogP contribution < -0.4 is 0 Å². The fourth-order valence-corrected chi connectivity index (χ4v) is 2.84. The van der Waals surface area contributed by atoms with Crippen LogP contribution in [-0.4, -0.2) is 26.4 Å². The SMILES string of the molecule is C=C(Cl)Cn1c(SCC(=O)O)nc2cc(F)c(Br)cc21. The minimum absolute atomic E-state index is 0.137. The first-order valence-corrected chi connectivity index (χ1v) is 7.57. The van der Waals surface area contributed by atoms with Crippen molar-refractivity contribution in [2.24, 2.45) is 0 Å². The van der Waals surface area contributed by atoms with Gasteiger partial charge in [-0.25, -0.2) is 9.37 Å². The first-order valence-electron chi connectivity index (χ1n) is 5.41. The summed E-state index contributed by atoms with van der Waals surface area (Å²) in [7, 11) is 0. The molecule has 2 rings (SSSR count). The van der Waals surface area contributed by atoms with Gasteiger partial charge in [-0.15, -0.1) is 0 Å². The van der Waals surface area contributed by atoms with E-state index in [9.17, 15) is 9.18 Å². The standard InChI is InChI=1S/C12H9BrClFN2O2S/c1-6(14)4-17-10-2-7(13)8(15)3-9(10)16-12(17)20-5-11(18)19/h2-3H,1,4-5H2,(H,18,19). The molecule has 1 N–H and O–H groups in total. The van der Waals surface area contributed by atoms with Crippen LogP contribution in [0.4, 0.5) is 4.39 Å². The number of hydrogen-bond donors (Lipinski definition) is 1. The van der Waals surface area contributed by atoms with Gasteiger partial charge in [-0.2, -0.15) is 0 Å². The van der Waals surface area contributed by atoms with Crippen molar-refractivity contribution in [2.75, 3.05) is 5.75 Å². The molecule has 0 amide bonds. The van der Waals surface area contributed by atoms with Crippen molar-refractivity contribution in [2.45, 2.75) is 11.7 Å². The average Bonchev–Trinajstić information content (AvgIpc) is 2.65. The van der Waals surface area contributed by atoms with E-state index in [4.69, 9.17) is 16.7 Å². The molecule has 0 aliphatic heterocycles. The molecule has 0 aliphatic carbocycles. The molecule has 0 bridgehead atoms. The molecule has 8 heteroatoms. The summed E-state index contributed by atoms with van der Waals surface area (Å²) < 4.78 is 15.5. The van der Waals surface area contributed by atoms with E-state index in [-0.39, 0.29) is 12.3 Å². The van der Waals surface area contributed by atoms with E-state index in [2.05, 4.69) is 27.5 Å². The third-order valence-electron chi connectivity index (χ3n) is 2.41. The van der Waals surface area contributed by atoms with E-state index >= 15 is 0 Å². The van der Waals surface area contributed by atoms with Gasteiger partial charge in [-0.1, -0.05) is 29.9 Å². The molecule has 1 heterocycles. The van der Waals surface area contributed by atoms with Crippen LogP contribution in [0.15, 0.2) is 33.4 Å². The van der Waals surface area contributed by atoms with E-state index in [0.717, 1.165) is 11.8 Å². The van der Waals surface area contributed by atoms with Gasteiger partial charge in [0.2, 0.25) is 0 Å². The quantitative estimate of drug-likeness (QED) is 0.801. The predicted octanol–water partition coefficient (Wildman–Crippen LogP) is 3.87. The zero-order valence-electron chi connectivity index (χ0n) is 10.1. The van der Waals surface area contributed by atoms with Crippen molar-refractivity contribution < 1.29 is 14.3 Å². The molecule has 0 radical (unpaired) electrons. The number of carbonyl (C=O) groups is 1. The molecule has 0 atom stereocenters. The number of halogens is 3. The van der Waals surface area contributed by atoms with E-state index in [1.807, 2.05) is 0 Å². The molecule has 0 spiro atoms. The largest absolute Gasteiger partial charge is 0.481 e. The van der Waals surface area contributed by atoms with E-state index < -0.39 is 11.8 Å². The van der Waals surface area contributed by atoms with Crippen molar-refractivity contribution in [1.82, 2.24) is 9.55 Å². The van der Waals surface area contributed by atoms with Crippen LogP contribution in [0.1, 0.15) is 0 Å². The summed E-state index contributed by atoms with van der Waals surface area (Å²) in [4.78, 5) is 14.9. The molecular weight excluding hydrogens is 371 g/mol. The molecule has 0 aliphatic rings. The van der Waals surface area contributed by atoms with E-state index in [1.165, 1.54) is 6.07 Å². The normalized spacial score (nSPS) is 10.9. The lowest BCUT2D eigenvalue weighted by Crippen LogP contribution is -2.03. The van der Waals surface area contributed by atoms with Gasteiger partial charge < -0.3 is 9.67 Å². The molecule has 106 valence electrons. The van der Waals surface area contributed by atoms with Crippen molar-refractivity contribution >= 4 is 56.3 Å². The van der Waals surface area contributed by atoms with Gasteiger partial charge in [-0.05, 0) is 22.0 Å². The smallest absolute Gasteiger partial charge is 0.313 e. The predicted molar refractivity (Wildman–Crippen MR) is 80.7 cm³/mol. The van der Waals surface area contributed by atoms with Crippen LogP contribution >= 0.6 is 39.3 Å². The first-order chi connectivity index (χ1) is 9.38. The van der Waals surface area contributed by atoms with Crippen LogP contribution in [0, 0.1) is 5.82 Å². The van der Waals surface area contributed by atoms with E-state index in [1.54, 1.807) is 10.6 Å². The summed E-state index contributed by atoms with van der Waals surface area (Å²) in [5.41, 5.74) is 1.10. The molecule has 1 aromatic heterocycles. The van der Waals surface area contributed by atoms with Crippen LogP contribution in [0.3, 0.4) is 0 Å². The number of thioether (sulfide) groups is 1. The van der Waals surface area contributed by atoms with Crippen molar-refractivity contribution in [3.05, 3.63) is 34.0 Å². The number of aromatic nitrogens is 2. The Morgan fingerprint density at radius 2 is 2.30 bits per heavy atom. The van der Waals surface area contributed by atoms with Crippen molar-refractivity contribution in [3.8, 4) is 0 Å². The molecule has 0 fully saturated rings. The monoisotopic (exact) mass is 378 g/mol. The lowest BCUT2D eigenvalue weighted by Gasteiger charge is -2.07. The molecule has 4 nitrogen and oxygen atoms in total. The third-order valence-corrected chi connectivity index (χ3v) is 4.10. The minimum Gasteiger partial charge on any atom is -0.481 e. The Kier molecular flexibility index (Phi) is 4.72. The molecule has 20 heavy (non-hydrogen) atoms. The summed E-state index contributed by atoms with van der Waals surface area (Å²) >= 11 is 9.99. The average molecular weight is 380 g/mol. The molecular formula is C12H9BrClFN2O2S. The molecule has 1 aromatic carbocycles. The third kappa shape index (κ3) is 3.34. The highest BCUT2D eigenvalue weighted by Crippen LogP contribution is 2.29. The van der Waals surface area contributed by atoms with Crippen LogP contribution in [0.5, 0.6) is 0 Å². The lowest BCUT2D eigenvalue weighted by atomic mass is 10.3. The summed E-state index contributed by atoms with van der Waals surface area (Å²) in [5, 5.41) is 9.58. The van der Waals surface area contributed by atoms with Crippen LogP contribution in [0.2, 0.25) is 0 Å². The number of benzene rings is 1. The maximum absolute atomic E-state index is 13.5. The lowest BCUT2D eigenvalue weighted by molar-refractivity contribution is -0.133. The number of imidazole rings is 1. The fraction of sp³-hybridized carbons (Fsp3) is 0.167. The minimum atomic E-state index is -0.953. The number of rotatable bonds is 5. The molecule has 0 saturated carbocycles. The second-order valence-corrected chi connectivity index (χ2v) is 6.27. The molecule has 0 saturated heterocycles. The number of carboxylic acid groups (broad SMARTS) is 1.